The summed E-state index contributed by atoms with van der Waals surface area (Å²) in [6, 6.07) is 0.394. The molecule has 0 radical (unpaired) electrons. The first-order valence-electron chi connectivity index (χ1n) is 5.62. The van der Waals surface area contributed by atoms with Gasteiger partial charge >= 0.3 is 0 Å². The lowest BCUT2D eigenvalue weighted by molar-refractivity contribution is -0.123. The van der Waals surface area contributed by atoms with E-state index >= 15 is 0 Å². The maximum atomic E-state index is 11.3. The minimum atomic E-state index is 0.0666. The molecule has 0 aromatic rings. The summed E-state index contributed by atoms with van der Waals surface area (Å²) in [6.45, 7) is 3.03. The number of carbonyl (C=O) groups excluding carboxylic acids is 2. The van der Waals surface area contributed by atoms with Crippen LogP contribution in [0.25, 0.3) is 0 Å². The first kappa shape index (κ1) is 12.2. The number of nitrogens with one attached hydrogen (secondary N) is 1. The van der Waals surface area contributed by atoms with Crippen LogP contribution in [0.4, 0.5) is 0 Å². The Bertz CT molecular complexity index is 231. The average Bonchev–Trinajstić information content (AvgIpc) is 2.18. The van der Waals surface area contributed by atoms with Gasteiger partial charge in [0, 0.05) is 25.4 Å². The zero-order chi connectivity index (χ0) is 11.3. The number of amides is 1. The smallest absolute Gasteiger partial charge is 0.234 e. The molecular weight excluding hydrogens is 192 g/mol. The van der Waals surface area contributed by atoms with E-state index in [1.807, 2.05) is 14.0 Å². The van der Waals surface area contributed by atoms with Crippen molar-refractivity contribution in [3.05, 3.63) is 0 Å². The number of hydrogen-bond acceptors (Lipinski definition) is 3. The van der Waals surface area contributed by atoms with Gasteiger partial charge in [0.15, 0.2) is 0 Å². The number of carbonyl (C=O) groups is 2. The molecular formula is C11H20N2O2. The first-order valence-corrected chi connectivity index (χ1v) is 5.62. The van der Waals surface area contributed by atoms with Crippen molar-refractivity contribution < 1.29 is 9.59 Å². The van der Waals surface area contributed by atoms with E-state index < -0.39 is 0 Å². The van der Waals surface area contributed by atoms with Crippen LogP contribution in [0.2, 0.25) is 0 Å². The molecule has 1 fully saturated rings. The van der Waals surface area contributed by atoms with Crippen molar-refractivity contribution in [2.75, 3.05) is 20.1 Å². The molecule has 1 aliphatic rings. The fraction of sp³-hybridized carbons (Fsp3) is 0.818. The Morgan fingerprint density at radius 3 is 2.60 bits per heavy atom. The maximum Gasteiger partial charge on any atom is 0.234 e. The van der Waals surface area contributed by atoms with Crippen LogP contribution in [0, 0.1) is 0 Å². The lowest BCUT2D eigenvalue weighted by Crippen LogP contribution is -2.42. The second kappa shape index (κ2) is 5.85. The highest BCUT2D eigenvalue weighted by atomic mass is 16.2. The molecule has 0 spiro atoms. The Morgan fingerprint density at radius 1 is 1.47 bits per heavy atom. The monoisotopic (exact) mass is 212 g/mol. The standard InChI is InChI=1S/C11H20N2O2/c1-3-12-11(15)8-13(2)9-4-6-10(14)7-5-9/h9H,3-8H2,1-2H3,(H,12,15). The number of hydrogen-bond donors (Lipinski definition) is 1. The van der Waals surface area contributed by atoms with Crippen LogP contribution in [0.3, 0.4) is 0 Å². The molecule has 0 unspecified atom stereocenters. The summed E-state index contributed by atoms with van der Waals surface area (Å²) in [6.07, 6.45) is 3.14. The van der Waals surface area contributed by atoms with Crippen molar-refractivity contribution >= 4 is 11.7 Å². The maximum absolute atomic E-state index is 11.3. The lowest BCUT2D eigenvalue weighted by Gasteiger charge is -2.30. The van der Waals surface area contributed by atoms with E-state index in [1.165, 1.54) is 0 Å². The molecule has 4 nitrogen and oxygen atoms in total. The van der Waals surface area contributed by atoms with E-state index in [-0.39, 0.29) is 5.91 Å². The molecule has 1 aliphatic carbocycles. The molecule has 0 aliphatic heterocycles. The third kappa shape index (κ3) is 4.00. The van der Waals surface area contributed by atoms with Crippen LogP contribution in [-0.4, -0.2) is 42.8 Å². The third-order valence-corrected chi connectivity index (χ3v) is 2.90. The van der Waals surface area contributed by atoms with Gasteiger partial charge in [-0.2, -0.15) is 0 Å². The molecule has 4 heteroatoms. The number of nitrogens with zero attached hydrogens (tertiary/aromatic N) is 1. The summed E-state index contributed by atoms with van der Waals surface area (Å²) in [7, 11) is 1.95. The summed E-state index contributed by atoms with van der Waals surface area (Å²) in [5, 5.41) is 2.78. The second-order valence-corrected chi connectivity index (χ2v) is 4.14. The van der Waals surface area contributed by atoms with Crippen LogP contribution in [0.1, 0.15) is 32.6 Å². The van der Waals surface area contributed by atoms with E-state index in [0.29, 0.717) is 37.8 Å². The number of Topliss-reactive ketones (excluding diaryl/α,β-unsaturated/α-hetero) is 1. The second-order valence-electron chi connectivity index (χ2n) is 4.14. The van der Waals surface area contributed by atoms with Crippen molar-refractivity contribution in [2.45, 2.75) is 38.6 Å². The molecule has 86 valence electrons. The van der Waals surface area contributed by atoms with E-state index in [4.69, 9.17) is 0 Å². The molecule has 1 amide bonds. The average molecular weight is 212 g/mol. The highest BCUT2D eigenvalue weighted by Gasteiger charge is 2.22. The van der Waals surface area contributed by atoms with E-state index in [9.17, 15) is 9.59 Å². The third-order valence-electron chi connectivity index (χ3n) is 2.90. The Morgan fingerprint density at radius 2 is 2.07 bits per heavy atom. The molecule has 0 atom stereocenters. The number of rotatable bonds is 4. The topological polar surface area (TPSA) is 49.4 Å². The van der Waals surface area contributed by atoms with Crippen molar-refractivity contribution in [1.29, 1.82) is 0 Å². The molecule has 0 bridgehead atoms. The largest absolute Gasteiger partial charge is 0.355 e. The summed E-state index contributed by atoms with van der Waals surface area (Å²) in [4.78, 5) is 24.5. The van der Waals surface area contributed by atoms with Gasteiger partial charge in [-0.15, -0.1) is 0 Å². The molecule has 15 heavy (non-hydrogen) atoms. The summed E-state index contributed by atoms with van der Waals surface area (Å²) in [5.41, 5.74) is 0. The molecule has 1 rings (SSSR count). The number of likely N-dealkylation sites (N-methyl/N-ethyl adjacent to an activating group) is 2. The highest BCUT2D eigenvalue weighted by Crippen LogP contribution is 2.18. The van der Waals surface area contributed by atoms with Gasteiger partial charge < -0.3 is 5.32 Å². The minimum absolute atomic E-state index is 0.0666. The molecule has 0 aromatic carbocycles. The first-order chi connectivity index (χ1) is 7.13. The zero-order valence-corrected chi connectivity index (χ0v) is 9.58. The normalized spacial score (nSPS) is 18.2. The van der Waals surface area contributed by atoms with Crippen LogP contribution >= 0.6 is 0 Å². The molecule has 0 heterocycles. The van der Waals surface area contributed by atoms with Gasteiger partial charge in [0.1, 0.15) is 5.78 Å². The van der Waals surface area contributed by atoms with Gasteiger partial charge in [-0.1, -0.05) is 0 Å². The van der Waals surface area contributed by atoms with Gasteiger partial charge in [0.2, 0.25) is 5.91 Å². The van der Waals surface area contributed by atoms with Gasteiger partial charge in [-0.05, 0) is 26.8 Å². The van der Waals surface area contributed by atoms with Crippen LogP contribution in [0.5, 0.6) is 0 Å². The van der Waals surface area contributed by atoms with Gasteiger partial charge in [0.25, 0.3) is 0 Å². The zero-order valence-electron chi connectivity index (χ0n) is 9.58. The Balaban J connectivity index is 2.30. The SMILES string of the molecule is CCNC(=O)CN(C)C1CCC(=O)CC1. The van der Waals surface area contributed by atoms with E-state index in [0.717, 1.165) is 12.8 Å². The quantitative estimate of drug-likeness (QED) is 0.741. The Kier molecular flexibility index (Phi) is 4.75. The minimum Gasteiger partial charge on any atom is -0.355 e. The number of ketones is 1. The van der Waals surface area contributed by atoms with Crippen LogP contribution in [-0.2, 0) is 9.59 Å². The fourth-order valence-corrected chi connectivity index (χ4v) is 1.97. The lowest BCUT2D eigenvalue weighted by atomic mass is 9.93. The van der Waals surface area contributed by atoms with Crippen molar-refractivity contribution in [2.24, 2.45) is 0 Å². The molecule has 0 aromatic heterocycles. The van der Waals surface area contributed by atoms with E-state index in [2.05, 4.69) is 10.2 Å². The van der Waals surface area contributed by atoms with Gasteiger partial charge in [-0.25, -0.2) is 0 Å². The summed E-state index contributed by atoms with van der Waals surface area (Å²) < 4.78 is 0. The summed E-state index contributed by atoms with van der Waals surface area (Å²) >= 11 is 0. The van der Waals surface area contributed by atoms with Crippen LogP contribution < -0.4 is 5.32 Å². The highest BCUT2D eigenvalue weighted by molar-refractivity contribution is 5.79. The van der Waals surface area contributed by atoms with Crippen molar-refractivity contribution in [3.8, 4) is 0 Å². The van der Waals surface area contributed by atoms with E-state index in [1.54, 1.807) is 0 Å². The predicted octanol–water partition coefficient (Wildman–Crippen LogP) is 0.566. The molecule has 1 saturated carbocycles. The van der Waals surface area contributed by atoms with Crippen molar-refractivity contribution in [1.82, 2.24) is 10.2 Å². The predicted molar refractivity (Wildman–Crippen MR) is 58.6 cm³/mol. The van der Waals surface area contributed by atoms with Gasteiger partial charge in [0.05, 0.1) is 6.54 Å². The van der Waals surface area contributed by atoms with Crippen LogP contribution in [0.15, 0.2) is 0 Å². The Hall–Kier alpha value is -0.900. The Labute approximate surface area is 91.0 Å². The summed E-state index contributed by atoms with van der Waals surface area (Å²) in [5.74, 6) is 0.426. The fourth-order valence-electron chi connectivity index (χ4n) is 1.97. The molecule has 1 N–H and O–H groups in total. The van der Waals surface area contributed by atoms with Gasteiger partial charge in [-0.3, -0.25) is 14.5 Å². The van der Waals surface area contributed by atoms with Crippen molar-refractivity contribution in [3.63, 3.8) is 0 Å². The molecule has 0 saturated heterocycles.